The van der Waals surface area contributed by atoms with Gasteiger partial charge in [0.05, 0.1) is 0 Å². The van der Waals surface area contributed by atoms with E-state index in [0.717, 1.165) is 27.0 Å². The molecule has 0 aliphatic carbocycles. The zero-order valence-electron chi connectivity index (χ0n) is 14.8. The molecule has 30 heavy (non-hydrogen) atoms. The lowest BCUT2D eigenvalue weighted by Crippen LogP contribution is -2.46. The lowest BCUT2D eigenvalue weighted by atomic mass is 10.2. The Bertz CT molecular complexity index is 836. The Morgan fingerprint density at radius 2 is 1.13 bits per heavy atom. The van der Waals surface area contributed by atoms with E-state index in [-0.39, 0.29) is 0 Å². The largest absolute Gasteiger partial charge is 0.741 e. The molecule has 174 valence electrons. The van der Waals surface area contributed by atoms with E-state index in [1.807, 2.05) is 0 Å². The van der Waals surface area contributed by atoms with Gasteiger partial charge < -0.3 is 9.11 Å². The Morgan fingerprint density at radius 3 is 1.40 bits per heavy atom. The maximum absolute atomic E-state index is 10.7. The summed E-state index contributed by atoms with van der Waals surface area (Å²) in [5.41, 5.74) is -9.67. The quantitative estimate of drug-likeness (QED) is 0.242. The summed E-state index contributed by atoms with van der Waals surface area (Å²) in [5, 5.41) is 0.932. The van der Waals surface area contributed by atoms with Gasteiger partial charge in [0.15, 0.2) is 54.3 Å². The fraction of sp³-hybridized carbons (Fsp3) is 0.571. The van der Waals surface area contributed by atoms with Crippen LogP contribution in [0.2, 0.25) is 0 Å². The molecule has 0 N–H and O–H groups in total. The van der Waals surface area contributed by atoms with E-state index < -0.39 is 31.3 Å². The topological polar surface area (TPSA) is 114 Å². The Hall–Kier alpha value is -0.680. The van der Waals surface area contributed by atoms with Crippen molar-refractivity contribution in [1.82, 2.24) is 0 Å². The second kappa shape index (κ2) is 10.3. The Kier molecular flexibility index (Phi) is 9.38. The molecule has 1 atom stereocenters. The van der Waals surface area contributed by atoms with Crippen LogP contribution in [0.15, 0.2) is 30.3 Å². The predicted octanol–water partition coefficient (Wildman–Crippen LogP) is 2.09. The van der Waals surface area contributed by atoms with Gasteiger partial charge in [0.25, 0.3) is 0 Å². The molecule has 3 saturated heterocycles. The van der Waals surface area contributed by atoms with Crippen molar-refractivity contribution in [3.05, 3.63) is 35.9 Å². The van der Waals surface area contributed by atoms with Gasteiger partial charge in [-0.2, -0.15) is 26.3 Å². The molecule has 3 aliphatic rings. The predicted molar refractivity (Wildman–Crippen MR) is 99.8 cm³/mol. The molecular weight excluding hydrogens is 506 g/mol. The maximum Gasteiger partial charge on any atom is 0.485 e. The molecule has 1 unspecified atom stereocenters. The van der Waals surface area contributed by atoms with Gasteiger partial charge in [0, 0.05) is 27.4 Å². The van der Waals surface area contributed by atoms with Crippen LogP contribution in [-0.4, -0.2) is 65.7 Å². The second-order valence-electron chi connectivity index (χ2n) is 5.83. The molecule has 1 aromatic rings. The minimum absolute atomic E-state index is 0.733. The van der Waals surface area contributed by atoms with Gasteiger partial charge in [-0.25, -0.2) is 16.8 Å². The summed E-state index contributed by atoms with van der Waals surface area (Å²) < 4.78 is 118. The highest BCUT2D eigenvalue weighted by atomic mass is 32.2. The Balaban J connectivity index is 0.000000245. The SMILES string of the molecule is O=S(=O)([O-])C(F)(F)F.O=S(=O)([O-])C(F)(F)F.c1ccc(C2C[S+]3CC[S+]2CC3)cc1. The highest BCUT2D eigenvalue weighted by Gasteiger charge is 2.50. The summed E-state index contributed by atoms with van der Waals surface area (Å²) in [6.45, 7) is 0. The molecule has 0 saturated carbocycles. The highest BCUT2D eigenvalue weighted by Crippen LogP contribution is 2.36. The summed E-state index contributed by atoms with van der Waals surface area (Å²) in [5.74, 6) is 7.66. The zero-order valence-corrected chi connectivity index (χ0v) is 18.1. The van der Waals surface area contributed by atoms with Gasteiger partial charge >= 0.3 is 11.0 Å². The third-order valence-electron chi connectivity index (χ3n) is 3.80. The zero-order chi connectivity index (χ0) is 23.4. The average Bonchev–Trinajstić information content (AvgIpc) is 2.61. The number of benzene rings is 1. The molecular formula is C14H16F6O6S4. The van der Waals surface area contributed by atoms with Crippen molar-refractivity contribution >= 4 is 42.0 Å². The second-order valence-corrected chi connectivity index (χ2v) is 13.4. The highest BCUT2D eigenvalue weighted by molar-refractivity contribution is 8.07. The minimum atomic E-state index is -6.09. The molecule has 3 fully saturated rings. The van der Waals surface area contributed by atoms with E-state index in [2.05, 4.69) is 30.3 Å². The van der Waals surface area contributed by atoms with E-state index in [1.54, 1.807) is 17.1 Å². The number of halogens is 6. The van der Waals surface area contributed by atoms with Crippen LogP contribution in [-0.2, 0) is 42.0 Å². The molecule has 0 aromatic heterocycles. The van der Waals surface area contributed by atoms with Crippen molar-refractivity contribution in [3.8, 4) is 0 Å². The third-order valence-corrected chi connectivity index (χ3v) is 10.7. The third kappa shape index (κ3) is 8.45. The first-order valence-corrected chi connectivity index (χ1v) is 14.0. The Labute approximate surface area is 175 Å². The van der Waals surface area contributed by atoms with Gasteiger partial charge in [-0.15, -0.1) is 0 Å². The molecule has 0 amide bonds. The first kappa shape index (κ1) is 27.4. The fourth-order valence-electron chi connectivity index (χ4n) is 2.37. The summed E-state index contributed by atoms with van der Waals surface area (Å²) in [6, 6.07) is 11.2. The van der Waals surface area contributed by atoms with E-state index in [9.17, 15) is 26.3 Å². The van der Waals surface area contributed by atoms with Crippen molar-refractivity contribution < 1.29 is 52.3 Å². The fourth-order valence-corrected chi connectivity index (χ4v) is 9.79. The molecule has 1 aromatic carbocycles. The lowest BCUT2D eigenvalue weighted by molar-refractivity contribution is -0.0522. The standard InChI is InChI=1S/C12H16S2.2CHF3O3S/c1-2-4-11(5-3-1)12-10-13-6-8-14(12)9-7-13;2*2-1(3,4)8(5,6)7/h1-5,12H,6-10H2;2*(H,5,6,7)/q+2;;/p-2. The number of hydrogen-bond donors (Lipinski definition) is 0. The molecule has 0 radical (unpaired) electrons. The van der Waals surface area contributed by atoms with Gasteiger partial charge in [-0.3, -0.25) is 0 Å². The molecule has 3 aliphatic heterocycles. The lowest BCUT2D eigenvalue weighted by Gasteiger charge is -2.29. The van der Waals surface area contributed by atoms with Gasteiger partial charge in [-0.05, 0) is 0 Å². The molecule has 0 spiro atoms. The first-order chi connectivity index (χ1) is 13.4. The number of hydrogen-bond acceptors (Lipinski definition) is 6. The monoisotopic (exact) mass is 522 g/mol. The van der Waals surface area contributed by atoms with E-state index in [0.29, 0.717) is 0 Å². The van der Waals surface area contributed by atoms with Gasteiger partial charge in [0.1, 0.15) is 0 Å². The molecule has 16 heteroatoms. The Morgan fingerprint density at radius 1 is 0.767 bits per heavy atom. The molecule has 4 rings (SSSR count). The summed E-state index contributed by atoms with van der Waals surface area (Å²) >= 11 is 0. The van der Waals surface area contributed by atoms with Crippen LogP contribution in [0.1, 0.15) is 10.8 Å². The van der Waals surface area contributed by atoms with Crippen molar-refractivity contribution in [1.29, 1.82) is 0 Å². The smallest absolute Gasteiger partial charge is 0.485 e. The van der Waals surface area contributed by atoms with Crippen LogP contribution >= 0.6 is 0 Å². The van der Waals surface area contributed by atoms with Crippen molar-refractivity contribution in [2.75, 3.05) is 28.8 Å². The van der Waals surface area contributed by atoms with Crippen LogP contribution in [0.5, 0.6) is 0 Å². The minimum Gasteiger partial charge on any atom is -0.741 e. The average molecular weight is 523 g/mol. The van der Waals surface area contributed by atoms with Gasteiger partial charge in [0.2, 0.25) is 0 Å². The summed E-state index contributed by atoms with van der Waals surface area (Å²) in [6.07, 6.45) is 0. The number of alkyl halides is 6. The van der Waals surface area contributed by atoms with E-state index in [4.69, 9.17) is 25.9 Å². The van der Waals surface area contributed by atoms with Crippen molar-refractivity contribution in [3.63, 3.8) is 0 Å². The van der Waals surface area contributed by atoms with Crippen LogP contribution < -0.4 is 0 Å². The molecule has 3 heterocycles. The van der Waals surface area contributed by atoms with Crippen LogP contribution in [0.4, 0.5) is 26.3 Å². The van der Waals surface area contributed by atoms with Crippen LogP contribution in [0.25, 0.3) is 0 Å². The normalized spacial score (nSPS) is 24.2. The van der Waals surface area contributed by atoms with Crippen molar-refractivity contribution in [2.45, 2.75) is 16.3 Å². The van der Waals surface area contributed by atoms with Crippen molar-refractivity contribution in [2.24, 2.45) is 0 Å². The van der Waals surface area contributed by atoms with Gasteiger partial charge in [-0.1, -0.05) is 30.3 Å². The number of fused-ring (bicyclic) bond motifs is 3. The summed E-state index contributed by atoms with van der Waals surface area (Å²) in [4.78, 5) is 0. The first-order valence-electron chi connectivity index (χ1n) is 7.83. The molecule has 2 bridgehead atoms. The van der Waals surface area contributed by atoms with E-state index in [1.165, 1.54) is 17.3 Å². The van der Waals surface area contributed by atoms with Crippen LogP contribution in [0.3, 0.4) is 0 Å². The maximum atomic E-state index is 10.7. The summed E-state index contributed by atoms with van der Waals surface area (Å²) in [7, 11) is -10.7. The van der Waals surface area contributed by atoms with E-state index >= 15 is 0 Å². The van der Waals surface area contributed by atoms with Crippen LogP contribution in [0, 0.1) is 0 Å². The number of rotatable bonds is 1. The molecule has 6 nitrogen and oxygen atoms in total.